The van der Waals surface area contributed by atoms with Crippen molar-refractivity contribution in [3.63, 3.8) is 0 Å². The summed E-state index contributed by atoms with van der Waals surface area (Å²) < 4.78 is 22.6. The molecule has 0 bridgehead atoms. The Kier molecular flexibility index (Phi) is 2.10. The molecule has 5 heteroatoms. The van der Waals surface area contributed by atoms with E-state index in [0.29, 0.717) is 10.9 Å². The Morgan fingerprint density at radius 3 is 2.91 bits per heavy atom. The SMILES string of the molecule is [2H]CS(=O)c1ccc(OC)nn1. The third-order valence-corrected chi connectivity index (χ3v) is 1.74. The molecule has 4 nitrogen and oxygen atoms in total. The average molecular weight is 173 g/mol. The number of ether oxygens (including phenoxy) is 1. The van der Waals surface area contributed by atoms with Crippen LogP contribution in [0.1, 0.15) is 1.37 Å². The molecule has 1 heterocycles. The Morgan fingerprint density at radius 1 is 1.64 bits per heavy atom. The van der Waals surface area contributed by atoms with Crippen LogP contribution in [0.25, 0.3) is 0 Å². The predicted octanol–water partition coefficient (Wildman–Crippen LogP) is 0.223. The normalized spacial score (nSPS) is 13.7. The van der Waals surface area contributed by atoms with Gasteiger partial charge >= 0.3 is 0 Å². The Bertz CT molecular complexity index is 277. The van der Waals surface area contributed by atoms with Gasteiger partial charge in [0.1, 0.15) is 5.03 Å². The van der Waals surface area contributed by atoms with Crippen LogP contribution in [0.2, 0.25) is 0 Å². The minimum Gasteiger partial charge on any atom is -0.480 e. The van der Waals surface area contributed by atoms with Gasteiger partial charge in [-0.15, -0.1) is 10.2 Å². The first-order valence-electron chi connectivity index (χ1n) is 3.54. The number of hydrogen-bond acceptors (Lipinski definition) is 4. The van der Waals surface area contributed by atoms with Crippen molar-refractivity contribution >= 4 is 10.8 Å². The topological polar surface area (TPSA) is 52.1 Å². The molecule has 0 N–H and O–H groups in total. The van der Waals surface area contributed by atoms with Gasteiger partial charge in [-0.2, -0.15) is 0 Å². The van der Waals surface area contributed by atoms with E-state index < -0.39 is 10.8 Å². The zero-order chi connectivity index (χ0) is 8.97. The lowest BCUT2D eigenvalue weighted by molar-refractivity contribution is 0.390. The summed E-state index contributed by atoms with van der Waals surface area (Å²) in [4.78, 5) is 0. The van der Waals surface area contributed by atoms with Crippen molar-refractivity contribution in [1.29, 1.82) is 0 Å². The van der Waals surface area contributed by atoms with Gasteiger partial charge in [-0.1, -0.05) is 0 Å². The van der Waals surface area contributed by atoms with Crippen molar-refractivity contribution in [1.82, 2.24) is 10.2 Å². The highest BCUT2D eigenvalue weighted by molar-refractivity contribution is 7.84. The summed E-state index contributed by atoms with van der Waals surface area (Å²) in [6.07, 6.45) is -0.193. The molecule has 0 spiro atoms. The van der Waals surface area contributed by atoms with Crippen LogP contribution in [0, 0.1) is 0 Å². The summed E-state index contributed by atoms with van der Waals surface area (Å²) in [6, 6.07) is 3.10. The molecule has 0 aromatic carbocycles. The number of nitrogens with zero attached hydrogens (tertiary/aromatic N) is 2. The standard InChI is InChI=1S/C6H8N2O2S/c1-10-5-3-4-6(8-7-5)11(2)9/h3-4H,1-2H3/i2D. The maximum atomic E-state index is 11.0. The Balaban J connectivity index is 2.84. The average Bonchev–Trinajstić information content (AvgIpc) is 2.17. The Morgan fingerprint density at radius 2 is 2.45 bits per heavy atom. The zero-order valence-electron chi connectivity index (χ0n) is 6.98. The van der Waals surface area contributed by atoms with Crippen molar-refractivity contribution in [2.24, 2.45) is 0 Å². The van der Waals surface area contributed by atoms with Gasteiger partial charge < -0.3 is 4.74 Å². The fourth-order valence-electron chi connectivity index (χ4n) is 0.538. The number of rotatable bonds is 2. The van der Waals surface area contributed by atoms with E-state index in [-0.39, 0.29) is 6.23 Å². The van der Waals surface area contributed by atoms with Crippen LogP contribution < -0.4 is 4.74 Å². The van der Waals surface area contributed by atoms with Crippen LogP contribution in [0.15, 0.2) is 17.2 Å². The third kappa shape index (κ3) is 1.98. The van der Waals surface area contributed by atoms with Gasteiger partial charge in [0.05, 0.1) is 17.9 Å². The number of methoxy groups -OCH3 is 1. The van der Waals surface area contributed by atoms with Crippen LogP contribution in [0.5, 0.6) is 5.88 Å². The van der Waals surface area contributed by atoms with Gasteiger partial charge in [0.15, 0.2) is 0 Å². The molecule has 1 rings (SSSR count). The lowest BCUT2D eigenvalue weighted by Gasteiger charge is -1.96. The van der Waals surface area contributed by atoms with E-state index in [1.807, 2.05) is 0 Å². The first-order chi connectivity index (χ1) is 5.77. The highest BCUT2D eigenvalue weighted by Crippen LogP contribution is 2.05. The van der Waals surface area contributed by atoms with Crippen LogP contribution in [0.3, 0.4) is 0 Å². The number of hydrogen-bond donors (Lipinski definition) is 0. The second kappa shape index (κ2) is 3.43. The smallest absolute Gasteiger partial charge is 0.233 e. The van der Waals surface area contributed by atoms with E-state index in [9.17, 15) is 4.21 Å². The van der Waals surface area contributed by atoms with Crippen molar-refractivity contribution in [2.45, 2.75) is 5.03 Å². The van der Waals surface area contributed by atoms with E-state index in [4.69, 9.17) is 6.11 Å². The van der Waals surface area contributed by atoms with Crippen LogP contribution >= 0.6 is 0 Å². The highest BCUT2D eigenvalue weighted by atomic mass is 32.2. The molecule has 1 aromatic rings. The van der Waals surface area contributed by atoms with E-state index in [1.165, 1.54) is 13.2 Å². The fraction of sp³-hybridized carbons (Fsp3) is 0.333. The maximum absolute atomic E-state index is 11.0. The molecule has 0 saturated heterocycles. The van der Waals surface area contributed by atoms with Crippen LogP contribution in [-0.4, -0.2) is 27.7 Å². The molecule has 0 aliphatic rings. The summed E-state index contributed by atoms with van der Waals surface area (Å²) in [5.41, 5.74) is 0. The van der Waals surface area contributed by atoms with E-state index in [1.54, 1.807) is 6.07 Å². The molecule has 0 fully saturated rings. The quantitative estimate of drug-likeness (QED) is 0.642. The summed E-state index contributed by atoms with van der Waals surface area (Å²) in [7, 11) is 0.114. The largest absolute Gasteiger partial charge is 0.480 e. The first-order valence-corrected chi connectivity index (χ1v) is 4.15. The predicted molar refractivity (Wildman–Crippen MR) is 40.9 cm³/mol. The summed E-state index contributed by atoms with van der Waals surface area (Å²) in [6.45, 7) is 0. The summed E-state index contributed by atoms with van der Waals surface area (Å²) >= 11 is 0. The maximum Gasteiger partial charge on any atom is 0.233 e. The van der Waals surface area contributed by atoms with Gasteiger partial charge in [0.25, 0.3) is 0 Å². The summed E-state index contributed by atoms with van der Waals surface area (Å²) in [5, 5.41) is 7.55. The van der Waals surface area contributed by atoms with Gasteiger partial charge in [-0.05, 0) is 6.07 Å². The van der Waals surface area contributed by atoms with Gasteiger partial charge in [0.2, 0.25) is 5.88 Å². The molecular weight excluding hydrogens is 164 g/mol. The van der Waals surface area contributed by atoms with Crippen LogP contribution in [-0.2, 0) is 10.8 Å². The van der Waals surface area contributed by atoms with Crippen molar-refractivity contribution in [2.75, 3.05) is 13.3 Å². The van der Waals surface area contributed by atoms with Crippen molar-refractivity contribution in [3.8, 4) is 5.88 Å². The zero-order valence-corrected chi connectivity index (χ0v) is 6.80. The Hall–Kier alpha value is -0.970. The van der Waals surface area contributed by atoms with Crippen LogP contribution in [0.4, 0.5) is 0 Å². The molecule has 60 valence electrons. The van der Waals surface area contributed by atoms with Crippen molar-refractivity contribution in [3.05, 3.63) is 12.1 Å². The molecule has 0 amide bonds. The minimum absolute atomic E-state index is 0.193. The molecule has 0 aliphatic carbocycles. The molecular formula is C6H8N2O2S. The monoisotopic (exact) mass is 173 g/mol. The second-order valence-corrected chi connectivity index (χ2v) is 2.87. The molecule has 1 atom stereocenters. The first kappa shape index (κ1) is 6.72. The molecule has 1 unspecified atom stereocenters. The van der Waals surface area contributed by atoms with Gasteiger partial charge in [-0.3, -0.25) is 4.21 Å². The Labute approximate surface area is 68.5 Å². The van der Waals surface area contributed by atoms with E-state index >= 15 is 0 Å². The molecule has 11 heavy (non-hydrogen) atoms. The molecule has 0 radical (unpaired) electrons. The van der Waals surface area contributed by atoms with E-state index in [2.05, 4.69) is 10.2 Å². The molecule has 0 saturated carbocycles. The molecule has 0 aliphatic heterocycles. The third-order valence-electron chi connectivity index (χ3n) is 1.06. The highest BCUT2D eigenvalue weighted by Gasteiger charge is 1.99. The summed E-state index contributed by atoms with van der Waals surface area (Å²) in [5.74, 6) is 0.376. The van der Waals surface area contributed by atoms with Gasteiger partial charge in [-0.25, -0.2) is 0 Å². The van der Waals surface area contributed by atoms with Crippen molar-refractivity contribution < 1.29 is 10.3 Å². The van der Waals surface area contributed by atoms with Gasteiger partial charge in [0, 0.05) is 13.7 Å². The lowest BCUT2D eigenvalue weighted by atomic mass is 10.6. The second-order valence-electron chi connectivity index (χ2n) is 1.76. The van der Waals surface area contributed by atoms with E-state index in [0.717, 1.165) is 0 Å². The minimum atomic E-state index is -1.36. The fourth-order valence-corrected chi connectivity index (χ4v) is 0.890. The lowest BCUT2D eigenvalue weighted by Crippen LogP contribution is -1.96. The number of aromatic nitrogens is 2. The molecule has 1 aromatic heterocycles.